The molecule has 0 aromatic carbocycles. The highest BCUT2D eigenvalue weighted by atomic mass is 35.5. The van der Waals surface area contributed by atoms with Crippen LogP contribution in [0, 0.1) is 0 Å². The van der Waals surface area contributed by atoms with Gasteiger partial charge in [-0.25, -0.2) is 0 Å². The number of rotatable bonds is 6. The third-order valence-corrected chi connectivity index (χ3v) is 1.96. The van der Waals surface area contributed by atoms with Gasteiger partial charge in [0.05, 0.1) is 0 Å². The van der Waals surface area contributed by atoms with Gasteiger partial charge < -0.3 is 5.73 Å². The van der Waals surface area contributed by atoms with Crippen LogP contribution in [-0.4, -0.2) is 7.05 Å². The van der Waals surface area contributed by atoms with Crippen molar-refractivity contribution in [3.63, 3.8) is 0 Å². The van der Waals surface area contributed by atoms with Crippen LogP contribution in [0.1, 0.15) is 32.6 Å². The molecule has 14 heavy (non-hydrogen) atoms. The first-order chi connectivity index (χ1) is 6.72. The summed E-state index contributed by atoms with van der Waals surface area (Å²) in [5.74, 6) is 0. The minimum Gasteiger partial charge on any atom is -0.333 e. The van der Waals surface area contributed by atoms with E-state index in [1.54, 1.807) is 6.08 Å². The molecule has 0 aliphatic rings. The summed E-state index contributed by atoms with van der Waals surface area (Å²) in [6.45, 7) is 9.52. The van der Waals surface area contributed by atoms with Gasteiger partial charge in [-0.1, -0.05) is 56.7 Å². The monoisotopic (exact) mass is 215 g/mol. The van der Waals surface area contributed by atoms with Crippen LogP contribution < -0.4 is 5.73 Å². The summed E-state index contributed by atoms with van der Waals surface area (Å²) in [4.78, 5) is 0. The molecule has 0 aromatic rings. The fraction of sp³-hybridized carbons (Fsp3) is 0.500. The van der Waals surface area contributed by atoms with Crippen molar-refractivity contribution in [2.24, 2.45) is 5.73 Å². The lowest BCUT2D eigenvalue weighted by Gasteiger charge is -2.02. The minimum absolute atomic E-state index is 0.644. The molecule has 0 spiro atoms. The van der Waals surface area contributed by atoms with Gasteiger partial charge in [-0.3, -0.25) is 0 Å². The Morgan fingerprint density at radius 3 is 2.29 bits per heavy atom. The second kappa shape index (κ2) is 12.5. The van der Waals surface area contributed by atoms with Crippen LogP contribution in [0.5, 0.6) is 0 Å². The Kier molecular flexibility index (Phi) is 14.2. The molecule has 0 saturated heterocycles. The normalized spacial score (nSPS) is 10.1. The highest BCUT2D eigenvalue weighted by Gasteiger charge is 1.97. The second-order valence-electron chi connectivity index (χ2n) is 2.79. The Morgan fingerprint density at radius 2 is 1.93 bits per heavy atom. The maximum Gasteiger partial charge on any atom is 0.0366 e. The van der Waals surface area contributed by atoms with E-state index in [0.717, 1.165) is 12.0 Å². The predicted molar refractivity (Wildman–Crippen MR) is 67.5 cm³/mol. The van der Waals surface area contributed by atoms with E-state index in [4.69, 9.17) is 11.6 Å². The van der Waals surface area contributed by atoms with Crippen LogP contribution in [0.3, 0.4) is 0 Å². The molecule has 0 heterocycles. The van der Waals surface area contributed by atoms with Crippen molar-refractivity contribution in [3.05, 3.63) is 35.9 Å². The van der Waals surface area contributed by atoms with Gasteiger partial charge in [-0.05, 0) is 25.5 Å². The molecule has 0 saturated carbocycles. The fourth-order valence-electron chi connectivity index (χ4n) is 1.02. The van der Waals surface area contributed by atoms with E-state index in [1.165, 1.54) is 26.3 Å². The lowest BCUT2D eigenvalue weighted by Crippen LogP contribution is -1.83. The Hall–Kier alpha value is -0.530. The maximum atomic E-state index is 5.79. The lowest BCUT2D eigenvalue weighted by molar-refractivity contribution is 0.718. The van der Waals surface area contributed by atoms with Gasteiger partial charge in [0.25, 0.3) is 0 Å². The number of nitrogens with two attached hydrogens (primary N) is 1. The van der Waals surface area contributed by atoms with Gasteiger partial charge in [-0.15, -0.1) is 0 Å². The highest BCUT2D eigenvalue weighted by molar-refractivity contribution is 6.31. The van der Waals surface area contributed by atoms with Crippen molar-refractivity contribution in [1.82, 2.24) is 0 Å². The maximum absolute atomic E-state index is 5.79. The quantitative estimate of drug-likeness (QED) is 0.526. The van der Waals surface area contributed by atoms with E-state index in [0.29, 0.717) is 5.03 Å². The molecule has 0 radical (unpaired) electrons. The van der Waals surface area contributed by atoms with Crippen molar-refractivity contribution in [3.8, 4) is 0 Å². The van der Waals surface area contributed by atoms with Crippen LogP contribution >= 0.6 is 11.6 Å². The molecule has 0 atom stereocenters. The number of hydrogen-bond donors (Lipinski definition) is 1. The van der Waals surface area contributed by atoms with Crippen LogP contribution in [0.4, 0.5) is 0 Å². The van der Waals surface area contributed by atoms with Crippen molar-refractivity contribution in [2.45, 2.75) is 32.6 Å². The topological polar surface area (TPSA) is 26.0 Å². The summed E-state index contributed by atoms with van der Waals surface area (Å²) < 4.78 is 0. The summed E-state index contributed by atoms with van der Waals surface area (Å²) in [7, 11) is 1.50. The van der Waals surface area contributed by atoms with Gasteiger partial charge in [0.1, 0.15) is 0 Å². The third-order valence-electron chi connectivity index (χ3n) is 1.72. The van der Waals surface area contributed by atoms with Crippen LogP contribution in [0.2, 0.25) is 0 Å². The zero-order valence-electron chi connectivity index (χ0n) is 9.35. The Balaban J connectivity index is 0. The molecule has 0 bridgehead atoms. The summed E-state index contributed by atoms with van der Waals surface area (Å²) in [5, 5.41) is 0.644. The van der Waals surface area contributed by atoms with Crippen molar-refractivity contribution in [1.29, 1.82) is 0 Å². The van der Waals surface area contributed by atoms with Gasteiger partial charge >= 0.3 is 0 Å². The lowest BCUT2D eigenvalue weighted by atomic mass is 10.1. The average molecular weight is 216 g/mol. The van der Waals surface area contributed by atoms with Gasteiger partial charge in [-0.2, -0.15) is 0 Å². The van der Waals surface area contributed by atoms with E-state index < -0.39 is 0 Å². The molecule has 2 heteroatoms. The van der Waals surface area contributed by atoms with Crippen LogP contribution in [0.25, 0.3) is 0 Å². The molecule has 0 rings (SSSR count). The van der Waals surface area contributed by atoms with Gasteiger partial charge in [0, 0.05) is 5.03 Å². The van der Waals surface area contributed by atoms with E-state index in [-0.39, 0.29) is 0 Å². The standard InChI is InChI=1S/C11H17Cl.CH5N/c1-4-6-7-9-11(8-5-2)10(3)12;1-2/h5,8H,2-4,6-7,9H2,1H3;2H2,1H3/b11-8-;. The van der Waals surface area contributed by atoms with E-state index in [1.807, 2.05) is 6.08 Å². The predicted octanol–water partition coefficient (Wildman–Crippen LogP) is 4.01. The molecule has 0 aromatic heterocycles. The Labute approximate surface area is 93.3 Å². The summed E-state index contributed by atoms with van der Waals surface area (Å²) in [6.07, 6.45) is 8.37. The van der Waals surface area contributed by atoms with Gasteiger partial charge in [0.15, 0.2) is 0 Å². The smallest absolute Gasteiger partial charge is 0.0366 e. The van der Waals surface area contributed by atoms with Crippen LogP contribution in [0.15, 0.2) is 35.9 Å². The molecular weight excluding hydrogens is 194 g/mol. The summed E-state index contributed by atoms with van der Waals surface area (Å²) in [5.41, 5.74) is 5.61. The molecular formula is C12H22ClN. The van der Waals surface area contributed by atoms with Crippen molar-refractivity contribution < 1.29 is 0 Å². The van der Waals surface area contributed by atoms with E-state index in [9.17, 15) is 0 Å². The molecule has 0 fully saturated rings. The first kappa shape index (κ1) is 15.9. The third kappa shape index (κ3) is 9.56. The minimum atomic E-state index is 0.644. The molecule has 1 nitrogen and oxygen atoms in total. The number of hydrogen-bond acceptors (Lipinski definition) is 1. The number of halogens is 1. The Morgan fingerprint density at radius 1 is 1.36 bits per heavy atom. The molecule has 0 amide bonds. The SMILES string of the molecule is C=C/C=C(/CCCCC)C(=C)Cl.CN. The first-order valence-electron chi connectivity index (χ1n) is 4.96. The largest absolute Gasteiger partial charge is 0.333 e. The van der Waals surface area contributed by atoms with Crippen molar-refractivity contribution in [2.75, 3.05) is 7.05 Å². The number of allylic oxidation sites excluding steroid dienone is 4. The summed E-state index contributed by atoms with van der Waals surface area (Å²) in [6, 6.07) is 0. The van der Waals surface area contributed by atoms with E-state index in [2.05, 4.69) is 25.8 Å². The highest BCUT2D eigenvalue weighted by Crippen LogP contribution is 2.19. The Bertz CT molecular complexity index is 183. The zero-order valence-corrected chi connectivity index (χ0v) is 10.1. The first-order valence-corrected chi connectivity index (χ1v) is 5.34. The van der Waals surface area contributed by atoms with Crippen molar-refractivity contribution >= 4 is 11.6 Å². The molecule has 0 aliphatic heterocycles. The average Bonchev–Trinajstić information content (AvgIpc) is 2.20. The van der Waals surface area contributed by atoms with Gasteiger partial charge in [0.2, 0.25) is 0 Å². The zero-order chi connectivity index (χ0) is 11.4. The fourth-order valence-corrected chi connectivity index (χ4v) is 1.17. The molecule has 0 aliphatic carbocycles. The molecule has 82 valence electrons. The summed E-state index contributed by atoms with van der Waals surface area (Å²) >= 11 is 5.79. The molecule has 2 N–H and O–H groups in total. The second-order valence-corrected chi connectivity index (χ2v) is 3.25. The van der Waals surface area contributed by atoms with Crippen LogP contribution in [-0.2, 0) is 0 Å². The molecule has 0 unspecified atom stereocenters. The van der Waals surface area contributed by atoms with E-state index >= 15 is 0 Å². The number of unbranched alkanes of at least 4 members (excludes halogenated alkanes) is 2.